The van der Waals surface area contributed by atoms with Crippen molar-refractivity contribution in [3.05, 3.63) is 80.8 Å². The number of fused-ring (bicyclic) bond motifs is 3. The molecule has 3 aliphatic carbocycles. The maximum Gasteiger partial charge on any atom is 0.255 e. The number of aliphatic hydroxyl groups excluding tert-OH is 2. The van der Waals surface area contributed by atoms with Crippen molar-refractivity contribution in [1.82, 2.24) is 9.80 Å². The molecular formula is C33H37ClN4O8. The van der Waals surface area contributed by atoms with Gasteiger partial charge in [-0.1, -0.05) is 29.8 Å². The van der Waals surface area contributed by atoms with E-state index in [-0.39, 0.29) is 41.5 Å². The highest BCUT2D eigenvalue weighted by Crippen LogP contribution is 2.53. The SMILES string of the molecule is CN(C)[C@@H]1C(O)=C(C(N)=O)C(=O)C2(O)C(O)=C3C(=O)c4c(O)cc(CN(C)C(C)(C)C(=O)Nc5ccccc5)c(Cl)c4C[C@H]3C[C@@H]12. The van der Waals surface area contributed by atoms with E-state index in [0.29, 0.717) is 16.8 Å². The van der Waals surface area contributed by atoms with Crippen molar-refractivity contribution in [2.45, 2.75) is 50.4 Å². The Bertz CT molecular complexity index is 1730. The summed E-state index contributed by atoms with van der Waals surface area (Å²) in [6.45, 7) is 3.60. The van der Waals surface area contributed by atoms with Gasteiger partial charge in [0.25, 0.3) is 5.91 Å². The zero-order valence-corrected chi connectivity index (χ0v) is 26.8. The average molecular weight is 653 g/mol. The second-order valence-electron chi connectivity index (χ2n) is 12.9. The lowest BCUT2D eigenvalue weighted by atomic mass is 9.58. The van der Waals surface area contributed by atoms with Gasteiger partial charge in [-0.05, 0) is 83.1 Å². The van der Waals surface area contributed by atoms with Crippen LogP contribution in [-0.4, -0.2) is 91.9 Å². The van der Waals surface area contributed by atoms with Gasteiger partial charge in [-0.3, -0.25) is 29.0 Å². The molecule has 0 aliphatic heterocycles. The van der Waals surface area contributed by atoms with Gasteiger partial charge in [-0.25, -0.2) is 0 Å². The molecule has 0 aromatic heterocycles. The number of halogens is 1. The van der Waals surface area contributed by atoms with E-state index >= 15 is 0 Å². The van der Waals surface area contributed by atoms with Gasteiger partial charge in [0.2, 0.25) is 11.7 Å². The molecule has 2 amide bonds. The number of likely N-dealkylation sites (N-methyl/N-ethyl adjacent to an activating group) is 2. The van der Waals surface area contributed by atoms with Crippen molar-refractivity contribution in [2.24, 2.45) is 17.6 Å². The molecule has 0 bridgehead atoms. The van der Waals surface area contributed by atoms with Gasteiger partial charge in [0, 0.05) is 28.7 Å². The number of para-hydroxylation sites is 1. The number of benzene rings is 2. The number of rotatable bonds is 7. The van der Waals surface area contributed by atoms with Crippen LogP contribution in [0.2, 0.25) is 5.02 Å². The van der Waals surface area contributed by atoms with Gasteiger partial charge in [-0.2, -0.15) is 0 Å². The van der Waals surface area contributed by atoms with E-state index in [9.17, 15) is 39.6 Å². The predicted octanol–water partition coefficient (Wildman–Crippen LogP) is 2.62. The zero-order chi connectivity index (χ0) is 34.0. The van der Waals surface area contributed by atoms with E-state index in [1.165, 1.54) is 11.0 Å². The highest BCUT2D eigenvalue weighted by Gasteiger charge is 2.63. The Morgan fingerprint density at radius 3 is 2.33 bits per heavy atom. The maximum absolute atomic E-state index is 13.9. The number of allylic oxidation sites excluding steroid dienone is 1. The number of nitrogens with zero attached hydrogens (tertiary/aromatic N) is 2. The third kappa shape index (κ3) is 4.96. The molecule has 0 fully saturated rings. The van der Waals surface area contributed by atoms with E-state index in [4.69, 9.17) is 17.3 Å². The molecule has 3 aliphatic rings. The largest absolute Gasteiger partial charge is 0.510 e. The van der Waals surface area contributed by atoms with Crippen molar-refractivity contribution < 1.29 is 39.6 Å². The molecule has 7 N–H and O–H groups in total. The van der Waals surface area contributed by atoms with Crippen molar-refractivity contribution in [3.8, 4) is 5.75 Å². The Balaban J connectivity index is 1.52. The fourth-order valence-electron chi connectivity index (χ4n) is 6.90. The van der Waals surface area contributed by atoms with E-state index in [1.807, 2.05) is 6.07 Å². The Morgan fingerprint density at radius 2 is 1.74 bits per heavy atom. The summed E-state index contributed by atoms with van der Waals surface area (Å²) in [6, 6.07) is 9.22. The molecule has 0 heterocycles. The second-order valence-corrected chi connectivity index (χ2v) is 13.3. The quantitative estimate of drug-likeness (QED) is 0.242. The van der Waals surface area contributed by atoms with E-state index < -0.39 is 69.3 Å². The van der Waals surface area contributed by atoms with Crippen LogP contribution in [0.4, 0.5) is 5.69 Å². The summed E-state index contributed by atoms with van der Waals surface area (Å²) in [7, 11) is 4.85. The van der Waals surface area contributed by atoms with Crippen molar-refractivity contribution >= 4 is 40.7 Å². The lowest BCUT2D eigenvalue weighted by Gasteiger charge is -2.50. The molecule has 12 nitrogen and oxygen atoms in total. The smallest absolute Gasteiger partial charge is 0.255 e. The van der Waals surface area contributed by atoms with Crippen LogP contribution in [0.15, 0.2) is 59.1 Å². The van der Waals surface area contributed by atoms with Crippen LogP contribution in [0.3, 0.4) is 0 Å². The molecule has 2 aromatic rings. The molecule has 46 heavy (non-hydrogen) atoms. The second kappa shape index (κ2) is 11.5. The molecule has 0 saturated carbocycles. The van der Waals surface area contributed by atoms with Crippen LogP contribution < -0.4 is 11.1 Å². The lowest BCUT2D eigenvalue weighted by molar-refractivity contribution is -0.148. The average Bonchev–Trinajstić information content (AvgIpc) is 2.97. The fraction of sp³-hybridized carbons (Fsp3) is 0.394. The summed E-state index contributed by atoms with van der Waals surface area (Å²) in [6.07, 6.45) is -0.00392. The topological polar surface area (TPSA) is 194 Å². The molecule has 13 heteroatoms. The Hall–Kier alpha value is -4.23. The third-order valence-electron chi connectivity index (χ3n) is 9.68. The number of amides is 2. The zero-order valence-electron chi connectivity index (χ0n) is 26.1. The first-order valence-electron chi connectivity index (χ1n) is 14.7. The number of aromatic hydroxyl groups is 1. The van der Waals surface area contributed by atoms with Gasteiger partial charge in [0.05, 0.1) is 17.1 Å². The first-order valence-corrected chi connectivity index (χ1v) is 15.1. The molecule has 244 valence electrons. The number of ketones is 2. The number of nitrogens with two attached hydrogens (primary N) is 1. The van der Waals surface area contributed by atoms with Gasteiger partial charge in [0.1, 0.15) is 22.8 Å². The standard InChI is InChI=1S/C33H37ClN4O8/c1-32(2,31(45)36-17-9-7-6-8-10-17)38(5)14-16-13-20(39)22-18(24(16)34)11-15-12-19-25(37(3)4)27(41)23(30(35)44)29(43)33(19,46)28(42)21(15)26(22)40/h6-10,13,15,19,25,39,41-42,46H,11-12,14H2,1-5H3,(H2,35,44)(H,36,45)/t15-,19-,25-,33?/m0/s1. The Morgan fingerprint density at radius 1 is 1.11 bits per heavy atom. The number of phenolic OH excluding ortho intramolecular Hbond substituents is 1. The van der Waals surface area contributed by atoms with Crippen molar-refractivity contribution in [3.63, 3.8) is 0 Å². The van der Waals surface area contributed by atoms with Crippen LogP contribution in [0, 0.1) is 11.8 Å². The molecule has 0 saturated heterocycles. The lowest BCUT2D eigenvalue weighted by Crippen LogP contribution is -2.63. The number of Topliss-reactive ketones (excluding diaryl/α,β-unsaturated/α-hetero) is 2. The van der Waals surface area contributed by atoms with Crippen LogP contribution in [-0.2, 0) is 27.3 Å². The third-order valence-corrected chi connectivity index (χ3v) is 10.2. The molecule has 2 aromatic carbocycles. The Kier molecular flexibility index (Phi) is 8.31. The van der Waals surface area contributed by atoms with Crippen LogP contribution >= 0.6 is 11.6 Å². The highest BCUT2D eigenvalue weighted by molar-refractivity contribution is 6.33. The molecule has 5 rings (SSSR count). The van der Waals surface area contributed by atoms with Crippen LogP contribution in [0.5, 0.6) is 5.75 Å². The number of hydrogen-bond acceptors (Lipinski definition) is 10. The molecular weight excluding hydrogens is 616 g/mol. The summed E-state index contributed by atoms with van der Waals surface area (Å²) in [5.41, 5.74) is 1.71. The van der Waals surface area contributed by atoms with E-state index in [2.05, 4.69) is 5.32 Å². The number of hydrogen-bond donors (Lipinski definition) is 6. The van der Waals surface area contributed by atoms with Crippen LogP contribution in [0.1, 0.15) is 41.8 Å². The summed E-state index contributed by atoms with van der Waals surface area (Å²) >= 11 is 6.90. The van der Waals surface area contributed by atoms with Crippen molar-refractivity contribution in [2.75, 3.05) is 26.5 Å². The molecule has 0 spiro atoms. The maximum atomic E-state index is 13.9. The number of phenols is 1. The van der Waals surface area contributed by atoms with Gasteiger partial charge >= 0.3 is 0 Å². The van der Waals surface area contributed by atoms with Gasteiger partial charge < -0.3 is 31.5 Å². The molecule has 1 unspecified atom stereocenters. The predicted molar refractivity (Wildman–Crippen MR) is 169 cm³/mol. The van der Waals surface area contributed by atoms with Gasteiger partial charge in [-0.15, -0.1) is 0 Å². The number of aliphatic hydroxyl groups is 3. The summed E-state index contributed by atoms with van der Waals surface area (Å²) < 4.78 is 0. The summed E-state index contributed by atoms with van der Waals surface area (Å²) in [4.78, 5) is 56.0. The summed E-state index contributed by atoms with van der Waals surface area (Å²) in [5, 5.41) is 48.3. The number of anilines is 1. The van der Waals surface area contributed by atoms with E-state index in [0.717, 1.165) is 0 Å². The first-order chi connectivity index (χ1) is 21.4. The monoisotopic (exact) mass is 652 g/mol. The minimum atomic E-state index is -2.72. The molecule has 0 radical (unpaired) electrons. The minimum absolute atomic E-state index is 0.0520. The van der Waals surface area contributed by atoms with E-state index in [1.54, 1.807) is 64.2 Å². The fourth-order valence-corrected chi connectivity index (χ4v) is 7.19. The van der Waals surface area contributed by atoms with Crippen LogP contribution in [0.25, 0.3) is 0 Å². The normalized spacial score (nSPS) is 24.6. The number of primary amides is 1. The number of nitrogens with one attached hydrogen (secondary N) is 1. The number of carbonyl (C=O) groups excluding carboxylic acids is 4. The number of carbonyl (C=O) groups is 4. The Labute approximate surface area is 270 Å². The summed E-state index contributed by atoms with van der Waals surface area (Å²) in [5.74, 6) is -7.62. The van der Waals surface area contributed by atoms with Crippen molar-refractivity contribution in [1.29, 1.82) is 0 Å². The van der Waals surface area contributed by atoms with Gasteiger partial charge in [0.15, 0.2) is 11.4 Å². The first kappa shape index (κ1) is 33.1. The highest BCUT2D eigenvalue weighted by atomic mass is 35.5. The molecule has 4 atom stereocenters. The minimum Gasteiger partial charge on any atom is -0.510 e.